The van der Waals surface area contributed by atoms with Crippen LogP contribution in [0, 0.1) is 56.7 Å². The number of aromatic nitrogens is 5. The van der Waals surface area contributed by atoms with Gasteiger partial charge in [-0.3, -0.25) is 0 Å². The molecule has 10 aromatic rings. The average Bonchev–Trinajstić information content (AvgIpc) is 1.62. The van der Waals surface area contributed by atoms with Crippen LogP contribution in [0.2, 0.25) is 0 Å². The zero-order valence-corrected chi connectivity index (χ0v) is 67.5. The molecule has 590 valence electrons. The van der Waals surface area contributed by atoms with E-state index in [4.69, 9.17) is 26.3 Å². The molecule has 0 aliphatic carbocycles. The molecule has 8 atom stereocenters. The number of benzene rings is 5. The summed E-state index contributed by atoms with van der Waals surface area (Å²) in [4.78, 5) is 40.2. The van der Waals surface area contributed by atoms with Crippen LogP contribution in [0.4, 0.5) is 81.1 Å². The topological polar surface area (TPSA) is 298 Å². The first-order valence-corrected chi connectivity index (χ1v) is 35.6. The standard InChI is InChI=1S/3C16H14F3N3O.C15H15N3O.C15H13N3O.C2H3F3.Cs.FH/c3*17-16(18,19)15(23)14-2-1-7-22(14)11-3-4-12-10(8-11)5-6-21-13(12)9-20;2*16-9-15-14-4-3-12(8-11(14)5-6-17-15)18-7-1-2-13(18)10-19;1-2(3,4)5;;/h3*3-6,8,14-15,23H,1-2,7H2;3-6,8,13,19H,1-2,7,10H2;3-6,8,10,13H,1-2,7H2;1H3;;1H/q;;;;;;+1;/p-1/t2*14-,15+;14-,15-;2*13-;;;/m10000.../s1. The molecular weight excluding hydrogens is 1630 g/mol. The molecule has 5 saturated heterocycles. The van der Waals surface area contributed by atoms with Crippen LogP contribution in [0.25, 0.3) is 53.9 Å². The summed E-state index contributed by atoms with van der Waals surface area (Å²) in [6, 6.07) is 43.6. The molecule has 0 unspecified atom stereocenters. The second-order valence-electron chi connectivity index (χ2n) is 27.0. The number of aliphatic hydroxyl groups excluding tert-OH is 4. The first-order chi connectivity index (χ1) is 53.4. The number of halogens is 13. The van der Waals surface area contributed by atoms with Crippen molar-refractivity contribution in [1.82, 2.24) is 24.9 Å². The minimum atomic E-state index is -4.64. The molecule has 5 aromatic heterocycles. The van der Waals surface area contributed by atoms with E-state index in [-0.39, 0.29) is 116 Å². The van der Waals surface area contributed by atoms with Crippen LogP contribution in [0.15, 0.2) is 152 Å². The van der Waals surface area contributed by atoms with Crippen LogP contribution in [0.5, 0.6) is 0 Å². The number of carbonyl (C=O) groups is 1. The van der Waals surface area contributed by atoms with Crippen LogP contribution in [0.3, 0.4) is 0 Å². The maximum Gasteiger partial charge on any atom is 1.00 e. The Morgan fingerprint density at radius 2 is 0.623 bits per heavy atom. The Labute approximate surface area is 704 Å². The Kier molecular flexibility index (Phi) is 31.1. The fraction of sp³-hybridized carbons (Fsp3) is 0.362. The molecule has 5 fully saturated rings. The molecule has 20 nitrogen and oxygen atoms in total. The number of aldehydes is 1. The van der Waals surface area contributed by atoms with Gasteiger partial charge >= 0.3 is 93.6 Å². The number of nitriles is 5. The minimum Gasteiger partial charge on any atom is -1.00 e. The van der Waals surface area contributed by atoms with Crippen molar-refractivity contribution in [1.29, 1.82) is 26.3 Å². The minimum absolute atomic E-state index is 0. The molecule has 0 spiro atoms. The number of rotatable bonds is 10. The van der Waals surface area contributed by atoms with Crippen molar-refractivity contribution in [3.05, 3.63) is 181 Å². The molecular formula is C80H73CsF13N15O5. The molecule has 4 N–H and O–H groups in total. The van der Waals surface area contributed by atoms with Gasteiger partial charge in [0.1, 0.15) is 65.1 Å². The van der Waals surface area contributed by atoms with E-state index in [9.17, 15) is 77.9 Å². The maximum atomic E-state index is 12.8. The van der Waals surface area contributed by atoms with Gasteiger partial charge in [-0.15, -0.1) is 0 Å². The number of aliphatic hydroxyl groups is 4. The van der Waals surface area contributed by atoms with Crippen molar-refractivity contribution in [2.24, 2.45) is 0 Å². The first-order valence-electron chi connectivity index (χ1n) is 35.6. The van der Waals surface area contributed by atoms with Gasteiger partial charge in [-0.25, -0.2) is 24.9 Å². The SMILES string of the molecule is CC(F)(F)F.N#Cc1nccc2cc(N3CCC[C@@H]3[C@H](O)C(F)(F)F)ccc12.N#Cc1nccc2cc(N3CCC[C@H]3C=O)ccc12.N#Cc1nccc2cc(N3CCC[C@H]3CO)ccc12.N#Cc1nccc2cc(N3CCC[C@H]3[C@@H](O)C(F)(F)F)ccc12.N#Cc1nccc2cc(N3CCC[C@H]3[C@H](O)C(F)(F)F)ccc12.[Cs+].[F-]. The van der Waals surface area contributed by atoms with Gasteiger partial charge in [0, 0.05) is 126 Å². The van der Waals surface area contributed by atoms with Crippen LogP contribution >= 0.6 is 0 Å². The van der Waals surface area contributed by atoms with Gasteiger partial charge in [-0.05, 0) is 212 Å². The molecule has 10 heterocycles. The summed E-state index contributed by atoms with van der Waals surface area (Å²) in [5, 5.41) is 91.3. The molecule has 5 aliphatic rings. The van der Waals surface area contributed by atoms with Crippen LogP contribution in [0.1, 0.15) is 99.6 Å². The molecule has 0 amide bonds. The number of anilines is 5. The number of fused-ring (bicyclic) bond motifs is 5. The number of nitrogens with zero attached hydrogens (tertiary/aromatic N) is 15. The van der Waals surface area contributed by atoms with E-state index in [1.165, 1.54) is 18.6 Å². The molecule has 15 rings (SSSR count). The summed E-state index contributed by atoms with van der Waals surface area (Å²) in [5.41, 5.74) is 5.72. The Hall–Kier alpha value is -9.75. The maximum absolute atomic E-state index is 12.8. The number of hydrogen-bond acceptors (Lipinski definition) is 20. The van der Waals surface area contributed by atoms with E-state index in [0.29, 0.717) is 103 Å². The first kappa shape index (κ1) is 89.8. The van der Waals surface area contributed by atoms with Gasteiger partial charge in [0.15, 0.2) is 18.3 Å². The largest absolute Gasteiger partial charge is 1.00 e. The molecule has 114 heavy (non-hydrogen) atoms. The monoisotopic (exact) mass is 1700 g/mol. The summed E-state index contributed by atoms with van der Waals surface area (Å²) in [6.45, 7) is 3.64. The Morgan fingerprint density at radius 1 is 0.395 bits per heavy atom. The van der Waals surface area contributed by atoms with E-state index >= 15 is 0 Å². The van der Waals surface area contributed by atoms with E-state index in [0.717, 1.165) is 94.1 Å². The van der Waals surface area contributed by atoms with Gasteiger partial charge in [0.25, 0.3) is 0 Å². The number of hydrogen-bond donors (Lipinski definition) is 4. The second-order valence-corrected chi connectivity index (χ2v) is 27.0. The van der Waals surface area contributed by atoms with Gasteiger partial charge in [-0.1, -0.05) is 0 Å². The Morgan fingerprint density at radius 3 is 0.868 bits per heavy atom. The van der Waals surface area contributed by atoms with Gasteiger partial charge in [-0.2, -0.15) is 79.0 Å². The number of pyridine rings is 5. The Balaban J connectivity index is 0.000000175. The third-order valence-corrected chi connectivity index (χ3v) is 20.0. The predicted molar refractivity (Wildman–Crippen MR) is 395 cm³/mol. The van der Waals surface area contributed by atoms with E-state index < -0.39 is 61.1 Å². The average molecular weight is 1700 g/mol. The molecule has 0 bridgehead atoms. The fourth-order valence-corrected chi connectivity index (χ4v) is 14.8. The third-order valence-electron chi connectivity index (χ3n) is 20.0. The quantitative estimate of drug-likeness (QED) is 0.0733. The van der Waals surface area contributed by atoms with Gasteiger partial charge in [0.2, 0.25) is 0 Å². The summed E-state index contributed by atoms with van der Waals surface area (Å²) in [5.74, 6) is 0. The van der Waals surface area contributed by atoms with Crippen LogP contribution in [-0.2, 0) is 4.79 Å². The molecule has 5 aliphatic heterocycles. The van der Waals surface area contributed by atoms with Crippen molar-refractivity contribution in [2.45, 2.75) is 144 Å². The smallest absolute Gasteiger partial charge is 1.00 e. The van der Waals surface area contributed by atoms with E-state index in [1.54, 1.807) is 99.9 Å². The van der Waals surface area contributed by atoms with Crippen LogP contribution in [-0.4, -0.2) is 164 Å². The third kappa shape index (κ3) is 21.8. The zero-order chi connectivity index (χ0) is 80.8. The summed E-state index contributed by atoms with van der Waals surface area (Å²) in [7, 11) is 0. The number of carbonyl (C=O) groups excluding carboxylic acids is 1. The van der Waals surface area contributed by atoms with Crippen molar-refractivity contribution in [2.75, 3.05) is 63.8 Å². The summed E-state index contributed by atoms with van der Waals surface area (Å²) in [6.07, 6.45) is -9.44. The van der Waals surface area contributed by atoms with E-state index in [2.05, 4.69) is 52.9 Å². The molecule has 34 heteroatoms. The second kappa shape index (κ2) is 39.5. The summed E-state index contributed by atoms with van der Waals surface area (Å²) < 4.78 is 146. The Bertz CT molecular complexity index is 4910. The predicted octanol–water partition coefficient (Wildman–Crippen LogP) is 8.91. The van der Waals surface area contributed by atoms with Gasteiger partial charge in [0.05, 0.1) is 36.8 Å². The van der Waals surface area contributed by atoms with Gasteiger partial charge < -0.3 is 54.4 Å². The summed E-state index contributed by atoms with van der Waals surface area (Å²) >= 11 is 0. The molecule has 5 aromatic carbocycles. The van der Waals surface area contributed by atoms with E-state index in [1.807, 2.05) is 60.7 Å². The van der Waals surface area contributed by atoms with Crippen molar-refractivity contribution in [3.8, 4) is 30.3 Å². The normalized spacial score (nSPS) is 18.7. The zero-order valence-electron chi connectivity index (χ0n) is 61.3. The van der Waals surface area contributed by atoms with Crippen molar-refractivity contribution >= 4 is 88.6 Å². The molecule has 0 radical (unpaired) electrons. The van der Waals surface area contributed by atoms with Crippen molar-refractivity contribution in [3.63, 3.8) is 0 Å². The van der Waals surface area contributed by atoms with Crippen LogP contribution < -0.4 is 98.1 Å². The molecule has 0 saturated carbocycles. The fourth-order valence-electron chi connectivity index (χ4n) is 14.8. The number of alkyl halides is 12. The van der Waals surface area contributed by atoms with Crippen molar-refractivity contribution < 1.29 is 152 Å².